The summed E-state index contributed by atoms with van der Waals surface area (Å²) in [6.45, 7) is -0.523. The van der Waals surface area contributed by atoms with Crippen LogP contribution in [0.1, 0.15) is 24.0 Å². The van der Waals surface area contributed by atoms with Gasteiger partial charge >= 0.3 is 6.18 Å². The lowest BCUT2D eigenvalue weighted by atomic mass is 10.0. The summed E-state index contributed by atoms with van der Waals surface area (Å²) >= 11 is 0. The van der Waals surface area contributed by atoms with Gasteiger partial charge in [0, 0.05) is 31.1 Å². The first-order valence-corrected chi connectivity index (χ1v) is 12.6. The molecule has 0 saturated carbocycles. The number of Topliss-reactive ketones (excluding diaryl/α,β-unsaturated/α-hetero) is 1. The zero-order valence-electron chi connectivity index (χ0n) is 19.5. The van der Waals surface area contributed by atoms with Crippen molar-refractivity contribution in [3.63, 3.8) is 0 Å². The first-order valence-electron chi connectivity index (χ1n) is 11.1. The van der Waals surface area contributed by atoms with Gasteiger partial charge in [-0.05, 0) is 48.9 Å². The van der Waals surface area contributed by atoms with Crippen LogP contribution in [0.3, 0.4) is 0 Å². The number of carbonyl (C=O) groups excluding carboxylic acids is 1. The highest BCUT2D eigenvalue weighted by atomic mass is 32.2. The molecule has 2 atom stereocenters. The molecule has 1 aliphatic rings. The molecule has 1 aliphatic heterocycles. The number of benzene rings is 2. The minimum Gasteiger partial charge on any atom is -0.480 e. The normalized spacial score (nSPS) is 18.8. The van der Waals surface area contributed by atoms with Crippen molar-refractivity contribution in [3.05, 3.63) is 71.7 Å². The molecule has 37 heavy (non-hydrogen) atoms. The molecule has 13 heteroatoms. The Hall–Kier alpha value is -3.32. The number of hydrogen-bond donors (Lipinski definition) is 0. The summed E-state index contributed by atoms with van der Waals surface area (Å²) in [5, 5.41) is 4.18. The van der Waals surface area contributed by atoms with Gasteiger partial charge in [-0.15, -0.1) is 5.10 Å². The largest absolute Gasteiger partial charge is 0.480 e. The van der Waals surface area contributed by atoms with Crippen molar-refractivity contribution in [2.75, 3.05) is 13.7 Å². The second kappa shape index (κ2) is 10.2. The summed E-state index contributed by atoms with van der Waals surface area (Å²) in [6.07, 6.45) is -5.00. The van der Waals surface area contributed by atoms with E-state index in [1.54, 1.807) is 0 Å². The van der Waals surface area contributed by atoms with Crippen molar-refractivity contribution in [2.24, 2.45) is 0 Å². The Morgan fingerprint density at radius 2 is 1.86 bits per heavy atom. The molecule has 2 heterocycles. The number of carbonyl (C=O) groups is 1. The Morgan fingerprint density at radius 3 is 2.49 bits per heavy atom. The van der Waals surface area contributed by atoms with Crippen LogP contribution in [0.25, 0.3) is 5.69 Å². The van der Waals surface area contributed by atoms with E-state index >= 15 is 0 Å². The fraction of sp³-hybridized carbons (Fsp3) is 0.333. The van der Waals surface area contributed by atoms with Crippen LogP contribution in [0.2, 0.25) is 0 Å². The number of aromatic nitrogens is 2. The van der Waals surface area contributed by atoms with Gasteiger partial charge in [-0.1, -0.05) is 6.07 Å². The molecule has 0 N–H and O–H groups in total. The van der Waals surface area contributed by atoms with Crippen LogP contribution in [0.15, 0.2) is 59.6 Å². The van der Waals surface area contributed by atoms with Crippen molar-refractivity contribution in [1.82, 2.24) is 14.1 Å². The third kappa shape index (κ3) is 5.67. The van der Waals surface area contributed by atoms with Crippen molar-refractivity contribution < 1.29 is 39.9 Å². The molecule has 2 aromatic carbocycles. The Kier molecular flexibility index (Phi) is 7.38. The molecule has 0 aliphatic carbocycles. The predicted octanol–water partition coefficient (Wildman–Crippen LogP) is 4.34. The number of aryl methyl sites for hydroxylation is 1. The molecule has 1 fully saturated rings. The Morgan fingerprint density at radius 1 is 1.16 bits per heavy atom. The minimum atomic E-state index is -4.49. The lowest BCUT2D eigenvalue weighted by Crippen LogP contribution is -2.40. The lowest BCUT2D eigenvalue weighted by molar-refractivity contribution is -0.137. The number of methoxy groups -OCH3 is 1. The van der Waals surface area contributed by atoms with Gasteiger partial charge in [0.2, 0.25) is 15.9 Å². The number of rotatable bonds is 8. The molecule has 0 unspecified atom stereocenters. The summed E-state index contributed by atoms with van der Waals surface area (Å²) in [7, 11) is -2.98. The van der Waals surface area contributed by atoms with Crippen LogP contribution in [-0.2, 0) is 27.4 Å². The summed E-state index contributed by atoms with van der Waals surface area (Å²) in [5.41, 5.74) is -0.0425. The van der Waals surface area contributed by atoms with Gasteiger partial charge in [-0.2, -0.15) is 17.5 Å². The van der Waals surface area contributed by atoms with Gasteiger partial charge < -0.3 is 4.74 Å². The van der Waals surface area contributed by atoms with Gasteiger partial charge in [0.15, 0.2) is 5.78 Å². The maximum absolute atomic E-state index is 14.2. The topological polar surface area (TPSA) is 81.5 Å². The molecule has 1 saturated heterocycles. The molecule has 198 valence electrons. The summed E-state index contributed by atoms with van der Waals surface area (Å²) in [6, 6.07) is 7.29. The van der Waals surface area contributed by atoms with E-state index in [0.29, 0.717) is 11.3 Å². The van der Waals surface area contributed by atoms with E-state index in [2.05, 4.69) is 5.10 Å². The van der Waals surface area contributed by atoms with E-state index in [-0.39, 0.29) is 30.0 Å². The number of alkyl halides is 4. The number of ether oxygens (including phenoxy) is 1. The smallest absolute Gasteiger partial charge is 0.416 e. The van der Waals surface area contributed by atoms with Crippen LogP contribution in [0, 0.1) is 5.82 Å². The van der Waals surface area contributed by atoms with Crippen LogP contribution < -0.4 is 4.74 Å². The molecule has 4 rings (SSSR count). The standard InChI is InChI=1S/C24H22F5N3O4S/c1-36-23-15(13-31(30-23)19-8-6-16(7-9-19)24(27,28)29)5-10-22(33)21-12-18(26)14-32(21)37(34,35)20-4-2-3-17(25)11-20/h2-4,6-9,11,13,18,21H,5,10,12,14H2,1H3/t18-,21+/m1/s1. The number of sulfonamides is 1. The SMILES string of the molecule is COc1nn(-c2ccc(C(F)(F)F)cc2)cc1CCC(=O)[C@@H]1C[C@@H](F)CN1S(=O)(=O)c1cccc(F)c1. The van der Waals surface area contributed by atoms with Crippen molar-refractivity contribution >= 4 is 15.8 Å². The zero-order chi connectivity index (χ0) is 27.0. The van der Waals surface area contributed by atoms with Gasteiger partial charge in [0.05, 0.1) is 29.3 Å². The Bertz CT molecular complexity index is 1390. The van der Waals surface area contributed by atoms with Crippen molar-refractivity contribution in [3.8, 4) is 11.6 Å². The summed E-state index contributed by atoms with van der Waals surface area (Å²) in [5.74, 6) is -1.19. The first-order chi connectivity index (χ1) is 17.4. The van der Waals surface area contributed by atoms with Crippen LogP contribution in [0.5, 0.6) is 5.88 Å². The van der Waals surface area contributed by atoms with Gasteiger partial charge in [-0.25, -0.2) is 21.9 Å². The number of halogens is 5. The highest BCUT2D eigenvalue weighted by Crippen LogP contribution is 2.31. The molecule has 0 radical (unpaired) electrons. The second-order valence-corrected chi connectivity index (χ2v) is 10.4. The van der Waals surface area contributed by atoms with E-state index in [4.69, 9.17) is 4.74 Å². The van der Waals surface area contributed by atoms with Gasteiger partial charge in [0.1, 0.15) is 12.0 Å². The zero-order valence-corrected chi connectivity index (χ0v) is 20.3. The average molecular weight is 544 g/mol. The maximum atomic E-state index is 14.2. The van der Waals surface area contributed by atoms with Gasteiger partial charge in [0.25, 0.3) is 0 Å². The minimum absolute atomic E-state index is 0.0595. The third-order valence-electron chi connectivity index (χ3n) is 6.02. The van der Waals surface area contributed by atoms with E-state index in [1.807, 2.05) is 0 Å². The van der Waals surface area contributed by atoms with E-state index < -0.39 is 52.1 Å². The van der Waals surface area contributed by atoms with E-state index in [0.717, 1.165) is 28.6 Å². The molecular weight excluding hydrogens is 521 g/mol. The predicted molar refractivity (Wildman–Crippen MR) is 122 cm³/mol. The Labute approximate surface area is 209 Å². The highest BCUT2D eigenvalue weighted by molar-refractivity contribution is 7.89. The Balaban J connectivity index is 1.50. The number of hydrogen-bond acceptors (Lipinski definition) is 5. The third-order valence-corrected chi connectivity index (χ3v) is 7.89. The highest BCUT2D eigenvalue weighted by Gasteiger charge is 2.43. The number of ketones is 1. The lowest BCUT2D eigenvalue weighted by Gasteiger charge is -2.22. The first kappa shape index (κ1) is 26.7. The quantitative estimate of drug-likeness (QED) is 0.395. The fourth-order valence-corrected chi connectivity index (χ4v) is 5.85. The average Bonchev–Trinajstić information content (AvgIpc) is 3.46. The van der Waals surface area contributed by atoms with E-state index in [9.17, 15) is 35.2 Å². The summed E-state index contributed by atoms with van der Waals surface area (Å²) in [4.78, 5) is 12.6. The van der Waals surface area contributed by atoms with E-state index in [1.165, 1.54) is 42.3 Å². The molecule has 3 aromatic rings. The summed E-state index contributed by atoms with van der Waals surface area (Å²) < 4.78 is 99.6. The molecule has 0 spiro atoms. The fourth-order valence-electron chi connectivity index (χ4n) is 4.17. The van der Waals surface area contributed by atoms with Gasteiger partial charge in [-0.3, -0.25) is 4.79 Å². The van der Waals surface area contributed by atoms with Crippen molar-refractivity contribution in [1.29, 1.82) is 0 Å². The molecule has 7 nitrogen and oxygen atoms in total. The van der Waals surface area contributed by atoms with Crippen LogP contribution in [-0.4, -0.2) is 54.2 Å². The van der Waals surface area contributed by atoms with Crippen LogP contribution >= 0.6 is 0 Å². The molecular formula is C24H22F5N3O4S. The monoisotopic (exact) mass is 543 g/mol. The van der Waals surface area contributed by atoms with Crippen LogP contribution in [0.4, 0.5) is 22.0 Å². The maximum Gasteiger partial charge on any atom is 0.416 e. The van der Waals surface area contributed by atoms with Crippen molar-refractivity contribution in [2.45, 2.75) is 42.5 Å². The molecule has 0 amide bonds. The second-order valence-electron chi connectivity index (χ2n) is 8.50. The number of nitrogens with zero attached hydrogens (tertiary/aromatic N) is 3. The molecule has 1 aromatic heterocycles. The molecule has 0 bridgehead atoms.